The highest BCUT2D eigenvalue weighted by Gasteiger charge is 2.10. The minimum absolute atomic E-state index is 0.155. The highest BCUT2D eigenvalue weighted by atomic mass is 19.1. The van der Waals surface area contributed by atoms with E-state index in [-0.39, 0.29) is 22.8 Å². The average Bonchev–Trinajstić information content (AvgIpc) is 2.58. The Morgan fingerprint density at radius 3 is 2.54 bits per heavy atom. The number of ether oxygens (including phenoxy) is 1. The van der Waals surface area contributed by atoms with Gasteiger partial charge in [0.25, 0.3) is 0 Å². The van der Waals surface area contributed by atoms with E-state index < -0.39 is 17.4 Å². The molecule has 0 aliphatic carbocycles. The fourth-order valence-corrected chi connectivity index (χ4v) is 2.09. The monoisotopic (exact) mass is 324 g/mol. The summed E-state index contributed by atoms with van der Waals surface area (Å²) in [6.45, 7) is 0. The highest BCUT2D eigenvalue weighted by Crippen LogP contribution is 2.28. The molecule has 4 nitrogen and oxygen atoms in total. The van der Waals surface area contributed by atoms with Crippen LogP contribution in [0.1, 0.15) is 5.56 Å². The van der Waals surface area contributed by atoms with Gasteiger partial charge in [-0.1, -0.05) is 6.07 Å². The third-order valence-corrected chi connectivity index (χ3v) is 3.24. The summed E-state index contributed by atoms with van der Waals surface area (Å²) in [5, 5.41) is 18.1. The molecular weight excluding hydrogens is 314 g/mol. The molecule has 0 saturated heterocycles. The van der Waals surface area contributed by atoms with Crippen LogP contribution >= 0.6 is 0 Å². The third-order valence-electron chi connectivity index (χ3n) is 3.24. The Bertz CT molecular complexity index is 952. The molecule has 1 heterocycles. The van der Waals surface area contributed by atoms with E-state index in [4.69, 9.17) is 10.00 Å². The van der Waals surface area contributed by atoms with E-state index in [0.717, 1.165) is 18.2 Å². The molecule has 2 aromatic carbocycles. The number of aromatic hydroxyl groups is 1. The summed E-state index contributed by atoms with van der Waals surface area (Å²) in [4.78, 5) is 4.19. The van der Waals surface area contributed by atoms with E-state index in [1.165, 1.54) is 18.2 Å². The first-order chi connectivity index (χ1) is 11.6. The molecule has 0 fully saturated rings. The SMILES string of the molecule is N#Cc1ccc(-c2cccc(Oc3ccc(F)c(O)c3)n2)c(F)c1. The van der Waals surface area contributed by atoms with Crippen LogP contribution in [0, 0.1) is 23.0 Å². The van der Waals surface area contributed by atoms with Gasteiger partial charge in [0.1, 0.15) is 11.6 Å². The molecule has 0 saturated carbocycles. The second-order valence-corrected chi connectivity index (χ2v) is 4.88. The smallest absolute Gasteiger partial charge is 0.219 e. The molecule has 0 amide bonds. The van der Waals surface area contributed by atoms with Crippen molar-refractivity contribution in [2.75, 3.05) is 0 Å². The molecular formula is C18H10F2N2O2. The van der Waals surface area contributed by atoms with E-state index >= 15 is 0 Å². The minimum atomic E-state index is -0.760. The summed E-state index contributed by atoms with van der Waals surface area (Å²) in [5.41, 5.74) is 0.757. The Hall–Kier alpha value is -3.46. The molecule has 3 rings (SSSR count). The van der Waals surface area contributed by atoms with Gasteiger partial charge in [0.05, 0.1) is 17.3 Å². The van der Waals surface area contributed by atoms with Gasteiger partial charge >= 0.3 is 0 Å². The first-order valence-electron chi connectivity index (χ1n) is 6.90. The van der Waals surface area contributed by atoms with Crippen molar-refractivity contribution in [1.82, 2.24) is 4.98 Å². The molecule has 0 spiro atoms. The zero-order valence-corrected chi connectivity index (χ0v) is 12.2. The molecule has 0 unspecified atom stereocenters. The van der Waals surface area contributed by atoms with Crippen LogP contribution < -0.4 is 4.74 Å². The van der Waals surface area contributed by atoms with Gasteiger partial charge in [-0.15, -0.1) is 0 Å². The van der Waals surface area contributed by atoms with Crippen molar-refractivity contribution in [2.45, 2.75) is 0 Å². The maximum absolute atomic E-state index is 14.1. The zero-order chi connectivity index (χ0) is 17.1. The van der Waals surface area contributed by atoms with Crippen LogP contribution in [0.4, 0.5) is 8.78 Å². The normalized spacial score (nSPS) is 10.2. The van der Waals surface area contributed by atoms with Crippen LogP contribution in [-0.2, 0) is 0 Å². The predicted molar refractivity (Wildman–Crippen MR) is 82.5 cm³/mol. The van der Waals surface area contributed by atoms with Crippen LogP contribution in [0.3, 0.4) is 0 Å². The Labute approximate surface area is 136 Å². The standard InChI is InChI=1S/C18H10F2N2O2/c19-14-7-5-12(9-17(14)23)24-18-3-1-2-16(22-18)13-6-4-11(10-21)8-15(13)20/h1-9,23H. The molecule has 0 aliphatic rings. The lowest BCUT2D eigenvalue weighted by Gasteiger charge is -2.08. The molecule has 6 heteroatoms. The molecule has 3 aromatic rings. The van der Waals surface area contributed by atoms with E-state index in [1.807, 2.05) is 6.07 Å². The molecule has 0 radical (unpaired) electrons. The third kappa shape index (κ3) is 3.15. The van der Waals surface area contributed by atoms with Crippen molar-refractivity contribution < 1.29 is 18.6 Å². The lowest BCUT2D eigenvalue weighted by molar-refractivity contribution is 0.418. The Balaban J connectivity index is 1.92. The lowest BCUT2D eigenvalue weighted by atomic mass is 10.1. The van der Waals surface area contributed by atoms with Crippen molar-refractivity contribution >= 4 is 0 Å². The molecule has 1 aromatic heterocycles. The van der Waals surface area contributed by atoms with Crippen LogP contribution in [0.2, 0.25) is 0 Å². The second-order valence-electron chi connectivity index (χ2n) is 4.88. The average molecular weight is 324 g/mol. The Morgan fingerprint density at radius 2 is 1.83 bits per heavy atom. The Kier molecular flexibility index (Phi) is 4.08. The summed E-state index contributed by atoms with van der Waals surface area (Å²) in [6.07, 6.45) is 0. The molecule has 0 bridgehead atoms. The van der Waals surface area contributed by atoms with Crippen molar-refractivity contribution in [3.63, 3.8) is 0 Å². The van der Waals surface area contributed by atoms with Crippen LogP contribution in [-0.4, -0.2) is 10.1 Å². The summed E-state index contributed by atoms with van der Waals surface area (Å²) in [6, 6.07) is 14.2. The lowest BCUT2D eigenvalue weighted by Crippen LogP contribution is -1.93. The quantitative estimate of drug-likeness (QED) is 0.775. The fourth-order valence-electron chi connectivity index (χ4n) is 2.09. The van der Waals surface area contributed by atoms with Gasteiger partial charge < -0.3 is 9.84 Å². The number of phenols is 1. The van der Waals surface area contributed by atoms with E-state index in [0.29, 0.717) is 5.69 Å². The highest BCUT2D eigenvalue weighted by molar-refractivity contribution is 5.61. The summed E-state index contributed by atoms with van der Waals surface area (Å²) in [7, 11) is 0. The van der Waals surface area contributed by atoms with E-state index in [1.54, 1.807) is 18.2 Å². The van der Waals surface area contributed by atoms with E-state index in [2.05, 4.69) is 4.98 Å². The number of phenolic OH excluding ortho intramolecular Hbond substituents is 1. The maximum atomic E-state index is 14.1. The fraction of sp³-hybridized carbons (Fsp3) is 0. The number of benzene rings is 2. The number of nitriles is 1. The minimum Gasteiger partial charge on any atom is -0.505 e. The molecule has 0 atom stereocenters. The van der Waals surface area contributed by atoms with Gasteiger partial charge in [-0.05, 0) is 36.4 Å². The molecule has 1 N–H and O–H groups in total. The van der Waals surface area contributed by atoms with Gasteiger partial charge in [0.15, 0.2) is 11.6 Å². The van der Waals surface area contributed by atoms with Gasteiger partial charge in [-0.25, -0.2) is 13.8 Å². The largest absolute Gasteiger partial charge is 0.505 e. The number of hydrogen-bond acceptors (Lipinski definition) is 4. The van der Waals surface area contributed by atoms with Gasteiger partial charge in [-0.3, -0.25) is 0 Å². The van der Waals surface area contributed by atoms with Gasteiger partial charge in [0, 0.05) is 17.7 Å². The first kappa shape index (κ1) is 15.4. The maximum Gasteiger partial charge on any atom is 0.219 e. The number of pyridine rings is 1. The molecule has 118 valence electrons. The molecule has 24 heavy (non-hydrogen) atoms. The number of rotatable bonds is 3. The summed E-state index contributed by atoms with van der Waals surface area (Å²) in [5.74, 6) is -1.52. The van der Waals surface area contributed by atoms with Crippen molar-refractivity contribution in [2.24, 2.45) is 0 Å². The van der Waals surface area contributed by atoms with Crippen LogP contribution in [0.25, 0.3) is 11.3 Å². The number of aromatic nitrogens is 1. The second kappa shape index (κ2) is 6.34. The topological polar surface area (TPSA) is 66.1 Å². The van der Waals surface area contributed by atoms with Crippen molar-refractivity contribution in [1.29, 1.82) is 5.26 Å². The number of nitrogens with zero attached hydrogens (tertiary/aromatic N) is 2. The number of hydrogen-bond donors (Lipinski definition) is 1. The first-order valence-corrected chi connectivity index (χ1v) is 6.90. The predicted octanol–water partition coefficient (Wildman–Crippen LogP) is 4.40. The zero-order valence-electron chi connectivity index (χ0n) is 12.2. The molecule has 0 aliphatic heterocycles. The van der Waals surface area contributed by atoms with Crippen LogP contribution in [0.15, 0.2) is 54.6 Å². The van der Waals surface area contributed by atoms with Crippen LogP contribution in [0.5, 0.6) is 17.4 Å². The van der Waals surface area contributed by atoms with Gasteiger partial charge in [0.2, 0.25) is 5.88 Å². The van der Waals surface area contributed by atoms with Crippen molar-refractivity contribution in [3.05, 3.63) is 71.8 Å². The summed E-state index contributed by atoms with van der Waals surface area (Å²) < 4.78 is 32.6. The van der Waals surface area contributed by atoms with E-state index in [9.17, 15) is 13.9 Å². The number of halogens is 2. The summed E-state index contributed by atoms with van der Waals surface area (Å²) >= 11 is 0. The van der Waals surface area contributed by atoms with Crippen molar-refractivity contribution in [3.8, 4) is 34.7 Å². The van der Waals surface area contributed by atoms with Gasteiger partial charge in [-0.2, -0.15) is 5.26 Å². The Morgan fingerprint density at radius 1 is 1.00 bits per heavy atom.